The lowest BCUT2D eigenvalue weighted by Crippen LogP contribution is -2.01. The maximum Gasteiger partial charge on any atom is 0.0486 e. The minimum atomic E-state index is 0.709. The van der Waals surface area contributed by atoms with Gasteiger partial charge in [-0.3, -0.25) is 0 Å². The van der Waals surface area contributed by atoms with E-state index >= 15 is 0 Å². The van der Waals surface area contributed by atoms with Gasteiger partial charge in [-0.05, 0) is 31.0 Å². The van der Waals surface area contributed by atoms with Crippen LogP contribution in [0.4, 0.5) is 0 Å². The largest absolute Gasteiger partial charge is 0.361 e. The van der Waals surface area contributed by atoms with Crippen molar-refractivity contribution in [2.75, 3.05) is 6.54 Å². The van der Waals surface area contributed by atoms with Crippen LogP contribution in [0.5, 0.6) is 0 Å². The van der Waals surface area contributed by atoms with E-state index in [4.69, 9.17) is 11.0 Å². The number of benzene rings is 1. The molecule has 0 fully saturated rings. The highest BCUT2D eigenvalue weighted by Gasteiger charge is 2.03. The first-order valence-corrected chi connectivity index (χ1v) is 4.84. The Bertz CT molecular complexity index is 454. The van der Waals surface area contributed by atoms with Crippen LogP contribution in [0.3, 0.4) is 0 Å². The van der Waals surface area contributed by atoms with E-state index in [1.807, 2.05) is 0 Å². The Hall–Kier alpha value is -1.79. The molecule has 0 amide bonds. The summed E-state index contributed by atoms with van der Waals surface area (Å²) in [7, 11) is 0. The minimum Gasteiger partial charge on any atom is -0.361 e. The molecule has 0 radical (unpaired) electrons. The number of nitrogens with one attached hydrogen (secondary N) is 1. The van der Waals surface area contributed by atoms with Gasteiger partial charge < -0.3 is 10.7 Å². The molecule has 0 unspecified atom stereocenters. The summed E-state index contributed by atoms with van der Waals surface area (Å²) in [5.74, 6) is 0. The molecule has 1 aromatic heterocycles. The summed E-state index contributed by atoms with van der Waals surface area (Å²) in [5, 5.41) is 7.81. The quantitative estimate of drug-likeness (QED) is 0.781. The number of aromatic nitrogens is 1. The van der Waals surface area contributed by atoms with E-state index in [2.05, 4.69) is 42.9 Å². The summed E-state index contributed by atoms with van der Waals surface area (Å²) in [4.78, 5) is 3.29. The lowest BCUT2D eigenvalue weighted by Gasteiger charge is -1.97. The van der Waals surface area contributed by atoms with Gasteiger partial charge in [-0.2, -0.15) is 0 Å². The van der Waals surface area contributed by atoms with Crippen molar-refractivity contribution in [3.63, 3.8) is 0 Å². The standard InChI is InChI=1S/C11H14N2.CHN/c1-8-3-2-4-10-9(5-6-12)7-13-11(8)10;1-2/h2-4,7,13H,5-6,12H2,1H3;1H. The molecule has 0 atom stereocenters. The van der Waals surface area contributed by atoms with Gasteiger partial charge in [0.25, 0.3) is 0 Å². The zero-order valence-electron chi connectivity index (χ0n) is 8.83. The van der Waals surface area contributed by atoms with Crippen molar-refractivity contribution in [2.45, 2.75) is 13.3 Å². The van der Waals surface area contributed by atoms with Gasteiger partial charge in [0.1, 0.15) is 0 Å². The van der Waals surface area contributed by atoms with E-state index in [0.717, 1.165) is 6.42 Å². The molecule has 0 aliphatic rings. The number of H-pyrrole nitrogens is 1. The van der Waals surface area contributed by atoms with E-state index in [0.29, 0.717) is 6.54 Å². The zero-order valence-corrected chi connectivity index (χ0v) is 8.83. The Balaban J connectivity index is 0.000000531. The van der Waals surface area contributed by atoms with Gasteiger partial charge in [-0.15, -0.1) is 0 Å². The van der Waals surface area contributed by atoms with Crippen molar-refractivity contribution >= 4 is 10.9 Å². The molecule has 2 aromatic rings. The Labute approximate surface area is 89.5 Å². The number of nitrogens with zero attached hydrogens (tertiary/aromatic N) is 1. The molecule has 3 heteroatoms. The molecule has 0 saturated heterocycles. The zero-order chi connectivity index (χ0) is 11.3. The molecule has 15 heavy (non-hydrogen) atoms. The third-order valence-corrected chi connectivity index (χ3v) is 2.42. The van der Waals surface area contributed by atoms with Gasteiger partial charge >= 0.3 is 0 Å². The summed E-state index contributed by atoms with van der Waals surface area (Å²) in [6.07, 6.45) is 3.01. The fourth-order valence-electron chi connectivity index (χ4n) is 1.73. The third kappa shape index (κ3) is 2.17. The van der Waals surface area contributed by atoms with Crippen molar-refractivity contribution in [3.05, 3.63) is 35.5 Å². The summed E-state index contributed by atoms with van der Waals surface area (Å²) < 4.78 is 0. The lowest BCUT2D eigenvalue weighted by atomic mass is 10.1. The van der Waals surface area contributed by atoms with E-state index in [1.54, 1.807) is 0 Å². The minimum absolute atomic E-state index is 0.709. The molecule has 0 saturated carbocycles. The van der Waals surface area contributed by atoms with Gasteiger partial charge in [0, 0.05) is 23.7 Å². The molecule has 0 spiro atoms. The third-order valence-electron chi connectivity index (χ3n) is 2.42. The number of aromatic amines is 1. The first-order chi connectivity index (χ1) is 7.33. The van der Waals surface area contributed by atoms with Crippen LogP contribution >= 0.6 is 0 Å². The number of nitrogens with two attached hydrogens (primary N) is 1. The predicted molar refractivity (Wildman–Crippen MR) is 62.5 cm³/mol. The highest BCUT2D eigenvalue weighted by molar-refractivity contribution is 5.85. The highest BCUT2D eigenvalue weighted by atomic mass is 14.7. The molecular weight excluding hydrogens is 186 g/mol. The topological polar surface area (TPSA) is 65.6 Å². The monoisotopic (exact) mass is 201 g/mol. The van der Waals surface area contributed by atoms with Gasteiger partial charge in [0.15, 0.2) is 0 Å². The first-order valence-electron chi connectivity index (χ1n) is 4.84. The molecule has 3 N–H and O–H groups in total. The first kappa shape index (κ1) is 11.3. The van der Waals surface area contributed by atoms with E-state index in [9.17, 15) is 0 Å². The fraction of sp³-hybridized carbons (Fsp3) is 0.250. The highest BCUT2D eigenvalue weighted by Crippen LogP contribution is 2.20. The van der Waals surface area contributed by atoms with E-state index < -0.39 is 0 Å². The van der Waals surface area contributed by atoms with Crippen LogP contribution < -0.4 is 5.73 Å². The molecule has 0 aliphatic carbocycles. The molecule has 0 aliphatic heterocycles. The normalized spacial score (nSPS) is 9.60. The second kappa shape index (κ2) is 5.18. The molecule has 78 valence electrons. The molecule has 1 aromatic carbocycles. The number of rotatable bonds is 2. The van der Waals surface area contributed by atoms with Crippen molar-refractivity contribution in [2.24, 2.45) is 5.73 Å². The van der Waals surface area contributed by atoms with Crippen molar-refractivity contribution in [3.8, 4) is 6.57 Å². The summed E-state index contributed by atoms with van der Waals surface area (Å²) in [6.45, 7) is 6.33. The number of nitriles is 1. The molecule has 1 heterocycles. The van der Waals surface area contributed by atoms with Crippen molar-refractivity contribution in [1.82, 2.24) is 4.98 Å². The number of para-hydroxylation sites is 1. The Morgan fingerprint density at radius 3 is 2.80 bits per heavy atom. The number of fused-ring (bicyclic) bond motifs is 1. The van der Waals surface area contributed by atoms with Crippen LogP contribution in [0.2, 0.25) is 0 Å². The summed E-state index contributed by atoms with van der Waals surface area (Å²) >= 11 is 0. The van der Waals surface area contributed by atoms with Crippen LogP contribution in [0.25, 0.3) is 10.9 Å². The Morgan fingerprint density at radius 2 is 2.13 bits per heavy atom. The van der Waals surface area contributed by atoms with Gasteiger partial charge in [0.2, 0.25) is 0 Å². The summed E-state index contributed by atoms with van der Waals surface area (Å²) in [5.41, 5.74) is 9.39. The molecule has 3 nitrogen and oxygen atoms in total. The van der Waals surface area contributed by atoms with Gasteiger partial charge in [-0.1, -0.05) is 18.2 Å². The second-order valence-electron chi connectivity index (χ2n) is 3.35. The lowest BCUT2D eigenvalue weighted by molar-refractivity contribution is 0.976. The van der Waals surface area contributed by atoms with Crippen molar-refractivity contribution in [1.29, 1.82) is 5.26 Å². The SMILES string of the molecule is C#N.Cc1cccc2c(CCN)c[nH]c12. The van der Waals surface area contributed by atoms with Crippen LogP contribution in [-0.2, 0) is 6.42 Å². The van der Waals surface area contributed by atoms with Crippen LogP contribution in [-0.4, -0.2) is 11.5 Å². The average molecular weight is 201 g/mol. The van der Waals surface area contributed by atoms with E-state index in [1.165, 1.54) is 22.0 Å². The van der Waals surface area contributed by atoms with Crippen LogP contribution in [0.15, 0.2) is 24.4 Å². The number of aryl methyl sites for hydroxylation is 1. The average Bonchev–Trinajstić information content (AvgIpc) is 2.67. The maximum absolute atomic E-state index is 6.50. The molecular formula is C12H15N3. The second-order valence-corrected chi connectivity index (χ2v) is 3.35. The van der Waals surface area contributed by atoms with E-state index in [-0.39, 0.29) is 0 Å². The van der Waals surface area contributed by atoms with Gasteiger partial charge in [-0.25, -0.2) is 5.26 Å². The smallest absolute Gasteiger partial charge is 0.0486 e. The predicted octanol–water partition coefficient (Wildman–Crippen LogP) is 2.12. The van der Waals surface area contributed by atoms with Crippen molar-refractivity contribution < 1.29 is 0 Å². The fourth-order valence-corrected chi connectivity index (χ4v) is 1.73. The van der Waals surface area contributed by atoms with Gasteiger partial charge in [0.05, 0.1) is 0 Å². The Morgan fingerprint density at radius 1 is 1.40 bits per heavy atom. The molecule has 0 bridgehead atoms. The van der Waals surface area contributed by atoms with Crippen LogP contribution in [0, 0.1) is 18.8 Å². The molecule has 2 rings (SSSR count). The number of hydrogen-bond acceptors (Lipinski definition) is 2. The maximum atomic E-state index is 6.50. The Kier molecular flexibility index (Phi) is 3.90. The summed E-state index contributed by atoms with van der Waals surface area (Å²) in [6, 6.07) is 6.35. The van der Waals surface area contributed by atoms with Crippen LogP contribution in [0.1, 0.15) is 11.1 Å². The number of hydrogen-bond donors (Lipinski definition) is 2.